The highest BCUT2D eigenvalue weighted by molar-refractivity contribution is 5.52. The lowest BCUT2D eigenvalue weighted by molar-refractivity contribution is -0.880. The van der Waals surface area contributed by atoms with Crippen LogP contribution in [-0.4, -0.2) is 38.2 Å². The Labute approximate surface area is 98.6 Å². The predicted octanol–water partition coefficient (Wildman–Crippen LogP) is 0.0686. The lowest BCUT2D eigenvalue weighted by Gasteiger charge is -2.31. The Balaban J connectivity index is 2.19. The van der Waals surface area contributed by atoms with Gasteiger partial charge in [-0.05, 0) is 6.07 Å². The molecule has 2 rings (SSSR count). The van der Waals surface area contributed by atoms with Gasteiger partial charge in [0.25, 0.3) is 5.69 Å². The zero-order valence-corrected chi connectivity index (χ0v) is 9.65. The van der Waals surface area contributed by atoms with Crippen molar-refractivity contribution in [1.29, 1.82) is 0 Å². The van der Waals surface area contributed by atoms with Gasteiger partial charge in [-0.25, -0.2) is 4.39 Å². The number of benzene rings is 1. The lowest BCUT2D eigenvalue weighted by atomic mass is 10.2. The number of likely N-dealkylation sites (N-methyl/N-ethyl adjacent to an activating group) is 1. The van der Waals surface area contributed by atoms with E-state index in [1.54, 1.807) is 0 Å². The van der Waals surface area contributed by atoms with Crippen LogP contribution in [0.3, 0.4) is 0 Å². The van der Waals surface area contributed by atoms with Crippen molar-refractivity contribution < 1.29 is 14.2 Å². The number of halogens is 1. The normalized spacial score (nSPS) is 17.2. The lowest BCUT2D eigenvalue weighted by Crippen LogP contribution is -3.12. The van der Waals surface area contributed by atoms with E-state index in [9.17, 15) is 14.5 Å². The molecule has 0 amide bonds. The van der Waals surface area contributed by atoms with E-state index in [0.717, 1.165) is 32.2 Å². The van der Waals surface area contributed by atoms with Crippen LogP contribution in [0.15, 0.2) is 18.2 Å². The summed E-state index contributed by atoms with van der Waals surface area (Å²) in [6.45, 7) is 3.47. The van der Waals surface area contributed by atoms with E-state index in [1.807, 2.05) is 4.90 Å². The number of nitrogens with one attached hydrogen (secondary N) is 1. The summed E-state index contributed by atoms with van der Waals surface area (Å²) in [6.07, 6.45) is 0. The van der Waals surface area contributed by atoms with Gasteiger partial charge < -0.3 is 9.80 Å². The van der Waals surface area contributed by atoms with Gasteiger partial charge in [0.05, 0.1) is 49.9 Å². The molecule has 1 N–H and O–H groups in total. The first-order valence-corrected chi connectivity index (χ1v) is 5.58. The molecule has 17 heavy (non-hydrogen) atoms. The molecule has 92 valence electrons. The largest absolute Gasteiger partial charge is 0.358 e. The van der Waals surface area contributed by atoms with Gasteiger partial charge in [-0.2, -0.15) is 0 Å². The van der Waals surface area contributed by atoms with E-state index in [4.69, 9.17) is 0 Å². The fourth-order valence-electron chi connectivity index (χ4n) is 2.00. The first kappa shape index (κ1) is 11.8. The van der Waals surface area contributed by atoms with Gasteiger partial charge in [0.15, 0.2) is 5.82 Å². The molecule has 1 aromatic rings. The second-order valence-corrected chi connectivity index (χ2v) is 4.34. The van der Waals surface area contributed by atoms with Crippen LogP contribution in [0.25, 0.3) is 0 Å². The molecule has 6 heteroatoms. The zero-order chi connectivity index (χ0) is 12.4. The number of quaternary nitrogens is 1. The topological polar surface area (TPSA) is 50.8 Å². The average molecular weight is 240 g/mol. The molecule has 1 saturated heterocycles. The smallest absolute Gasteiger partial charge is 0.272 e. The summed E-state index contributed by atoms with van der Waals surface area (Å²) in [5.41, 5.74) is 0.258. The Bertz CT molecular complexity index is 431. The number of anilines is 1. The summed E-state index contributed by atoms with van der Waals surface area (Å²) in [5.74, 6) is -0.515. The van der Waals surface area contributed by atoms with Crippen LogP contribution in [0.1, 0.15) is 0 Å². The Hall–Kier alpha value is -1.69. The fraction of sp³-hybridized carbons (Fsp3) is 0.455. The third-order valence-electron chi connectivity index (χ3n) is 3.10. The summed E-state index contributed by atoms with van der Waals surface area (Å²) in [6, 6.07) is 3.83. The highest BCUT2D eigenvalue weighted by Gasteiger charge is 2.21. The van der Waals surface area contributed by atoms with Crippen LogP contribution in [0.5, 0.6) is 0 Å². The Morgan fingerprint density at radius 1 is 1.41 bits per heavy atom. The third-order valence-corrected chi connectivity index (χ3v) is 3.10. The molecule has 0 bridgehead atoms. The van der Waals surface area contributed by atoms with Crippen LogP contribution in [-0.2, 0) is 0 Å². The molecule has 0 saturated carbocycles. The number of rotatable bonds is 2. The van der Waals surface area contributed by atoms with E-state index in [-0.39, 0.29) is 5.69 Å². The number of hydrogen-bond donors (Lipinski definition) is 1. The molecule has 0 radical (unpaired) electrons. The maximum absolute atomic E-state index is 13.7. The van der Waals surface area contributed by atoms with Crippen molar-refractivity contribution in [2.75, 3.05) is 38.1 Å². The van der Waals surface area contributed by atoms with Crippen molar-refractivity contribution >= 4 is 11.4 Å². The van der Waals surface area contributed by atoms with Crippen molar-refractivity contribution in [3.8, 4) is 0 Å². The van der Waals surface area contributed by atoms with Gasteiger partial charge in [-0.3, -0.25) is 10.1 Å². The van der Waals surface area contributed by atoms with Crippen molar-refractivity contribution in [1.82, 2.24) is 0 Å². The first-order chi connectivity index (χ1) is 8.08. The van der Waals surface area contributed by atoms with E-state index in [2.05, 4.69) is 7.05 Å². The molecule has 5 nitrogen and oxygen atoms in total. The van der Waals surface area contributed by atoms with E-state index in [1.165, 1.54) is 17.0 Å². The highest BCUT2D eigenvalue weighted by Crippen LogP contribution is 2.23. The van der Waals surface area contributed by atoms with Gasteiger partial charge >= 0.3 is 0 Å². The van der Waals surface area contributed by atoms with Gasteiger partial charge in [0.2, 0.25) is 0 Å². The predicted molar refractivity (Wildman–Crippen MR) is 61.9 cm³/mol. The van der Waals surface area contributed by atoms with Gasteiger partial charge in [0.1, 0.15) is 0 Å². The molecular weight excluding hydrogens is 225 g/mol. The minimum Gasteiger partial charge on any atom is -0.358 e. The molecule has 0 aromatic heterocycles. The van der Waals surface area contributed by atoms with Gasteiger partial charge in [-0.15, -0.1) is 0 Å². The Kier molecular flexibility index (Phi) is 3.23. The average Bonchev–Trinajstić information content (AvgIpc) is 2.30. The summed E-state index contributed by atoms with van der Waals surface area (Å²) in [7, 11) is 2.10. The second kappa shape index (κ2) is 4.67. The van der Waals surface area contributed by atoms with Crippen LogP contribution < -0.4 is 9.80 Å². The summed E-state index contributed by atoms with van der Waals surface area (Å²) in [5, 5.41) is 10.5. The van der Waals surface area contributed by atoms with Crippen LogP contribution >= 0.6 is 0 Å². The van der Waals surface area contributed by atoms with Crippen LogP contribution in [0, 0.1) is 15.9 Å². The standard InChI is InChI=1S/C11H14FN3O2/c1-13-4-6-14(7-5-13)11-3-2-9(15(16)17)8-10(11)12/h2-3,8H,4-7H2,1H3/p+1. The molecule has 0 atom stereocenters. The molecule has 1 aromatic carbocycles. The molecule has 1 heterocycles. The van der Waals surface area contributed by atoms with Crippen LogP contribution in [0.2, 0.25) is 0 Å². The van der Waals surface area contributed by atoms with Gasteiger partial charge in [-0.1, -0.05) is 0 Å². The number of hydrogen-bond acceptors (Lipinski definition) is 3. The van der Waals surface area contributed by atoms with Gasteiger partial charge in [0, 0.05) is 6.07 Å². The second-order valence-electron chi connectivity index (χ2n) is 4.34. The highest BCUT2D eigenvalue weighted by atomic mass is 19.1. The van der Waals surface area contributed by atoms with E-state index >= 15 is 0 Å². The minimum absolute atomic E-state index is 0.203. The number of nitro groups is 1. The minimum atomic E-state index is -0.582. The number of piperazine rings is 1. The molecule has 0 unspecified atom stereocenters. The monoisotopic (exact) mass is 240 g/mol. The van der Waals surface area contributed by atoms with Crippen LogP contribution in [0.4, 0.5) is 15.8 Å². The van der Waals surface area contributed by atoms with E-state index in [0.29, 0.717) is 5.69 Å². The number of nitro benzene ring substituents is 1. The van der Waals surface area contributed by atoms with Crippen molar-refractivity contribution in [3.63, 3.8) is 0 Å². The van der Waals surface area contributed by atoms with E-state index < -0.39 is 10.7 Å². The molecular formula is C11H15FN3O2+. The molecule has 0 spiro atoms. The number of nitrogens with zero attached hydrogens (tertiary/aromatic N) is 2. The maximum Gasteiger partial charge on any atom is 0.272 e. The van der Waals surface area contributed by atoms with Crippen molar-refractivity contribution in [2.45, 2.75) is 0 Å². The quantitative estimate of drug-likeness (QED) is 0.588. The first-order valence-electron chi connectivity index (χ1n) is 5.58. The third kappa shape index (κ3) is 2.52. The summed E-state index contributed by atoms with van der Waals surface area (Å²) >= 11 is 0. The maximum atomic E-state index is 13.7. The SMILES string of the molecule is C[NH+]1CCN(c2ccc([N+](=O)[O-])cc2F)CC1. The summed E-state index contributed by atoms with van der Waals surface area (Å²) < 4.78 is 13.7. The Morgan fingerprint density at radius 2 is 2.06 bits per heavy atom. The zero-order valence-electron chi connectivity index (χ0n) is 9.65. The fourth-order valence-corrected chi connectivity index (χ4v) is 2.00. The van der Waals surface area contributed by atoms with Crippen molar-refractivity contribution in [2.24, 2.45) is 0 Å². The summed E-state index contributed by atoms with van der Waals surface area (Å²) in [4.78, 5) is 13.3. The molecule has 1 fully saturated rings. The number of non-ortho nitro benzene ring substituents is 1. The Morgan fingerprint density at radius 3 is 2.59 bits per heavy atom. The molecule has 1 aliphatic heterocycles. The van der Waals surface area contributed by atoms with Crippen molar-refractivity contribution in [3.05, 3.63) is 34.1 Å². The molecule has 0 aliphatic carbocycles. The molecule has 1 aliphatic rings.